The van der Waals surface area contributed by atoms with E-state index < -0.39 is 6.09 Å². The lowest BCUT2D eigenvalue weighted by atomic mass is 9.84. The molecule has 1 saturated heterocycles. The predicted molar refractivity (Wildman–Crippen MR) is 158 cm³/mol. The number of anilines is 1. The van der Waals surface area contributed by atoms with Gasteiger partial charge in [0, 0.05) is 56.1 Å². The average Bonchev–Trinajstić information content (AvgIpc) is 3.35. The fourth-order valence-electron chi connectivity index (χ4n) is 6.32. The van der Waals surface area contributed by atoms with Gasteiger partial charge >= 0.3 is 6.09 Å². The molecule has 2 fully saturated rings. The van der Waals surface area contributed by atoms with Crippen LogP contribution in [0.1, 0.15) is 69.8 Å². The van der Waals surface area contributed by atoms with Gasteiger partial charge in [-0.2, -0.15) is 0 Å². The zero-order valence-electron chi connectivity index (χ0n) is 24.7. The molecule has 3 heterocycles. The lowest BCUT2D eigenvalue weighted by molar-refractivity contribution is 0.0872. The summed E-state index contributed by atoms with van der Waals surface area (Å²) in [6.45, 7) is 10.7. The average molecular weight is 549 g/mol. The Balaban J connectivity index is 1.37. The van der Waals surface area contributed by atoms with Gasteiger partial charge in [-0.15, -0.1) is 0 Å². The van der Waals surface area contributed by atoms with Gasteiger partial charge in [-0.25, -0.2) is 9.78 Å². The summed E-state index contributed by atoms with van der Waals surface area (Å²) in [5.41, 5.74) is 4.36. The van der Waals surface area contributed by atoms with Crippen molar-refractivity contribution >= 4 is 17.3 Å². The topological polar surface area (TPSA) is 84.2 Å². The number of likely N-dealkylation sites (N-methyl/N-ethyl adjacent to an activating group) is 1. The summed E-state index contributed by atoms with van der Waals surface area (Å²) in [7, 11) is 3.83. The first-order chi connectivity index (χ1) is 19.4. The van der Waals surface area contributed by atoms with E-state index in [1.807, 2.05) is 44.4 Å². The van der Waals surface area contributed by atoms with Crippen LogP contribution in [0.15, 0.2) is 30.6 Å². The van der Waals surface area contributed by atoms with E-state index in [4.69, 9.17) is 14.5 Å². The van der Waals surface area contributed by atoms with Gasteiger partial charge in [0.2, 0.25) is 0 Å². The normalized spacial score (nSPS) is 21.3. The summed E-state index contributed by atoms with van der Waals surface area (Å²) >= 11 is 0. The maximum Gasteiger partial charge on any atom is 0.412 e. The smallest absolute Gasteiger partial charge is 0.412 e. The Hall–Kier alpha value is -3.17. The molecule has 0 spiro atoms. The first-order valence-electron chi connectivity index (χ1n) is 14.8. The molecule has 1 amide bonds. The number of methoxy groups -OCH3 is 1. The minimum absolute atomic E-state index is 0.141. The summed E-state index contributed by atoms with van der Waals surface area (Å²) in [4.78, 5) is 27.4. The highest BCUT2D eigenvalue weighted by molar-refractivity contribution is 5.89. The number of amides is 1. The number of imidazole rings is 1. The third-order valence-corrected chi connectivity index (χ3v) is 8.60. The largest absolute Gasteiger partial charge is 0.495 e. The van der Waals surface area contributed by atoms with Crippen LogP contribution in [0.2, 0.25) is 0 Å². The highest BCUT2D eigenvalue weighted by Gasteiger charge is 2.31. The Bertz CT molecular complexity index is 1310. The highest BCUT2D eigenvalue weighted by atomic mass is 16.6. The van der Waals surface area contributed by atoms with Gasteiger partial charge < -0.3 is 14.4 Å². The van der Waals surface area contributed by atoms with E-state index >= 15 is 0 Å². The molecule has 1 aromatic carbocycles. The molecule has 0 radical (unpaired) electrons. The number of rotatable bonds is 8. The second kappa shape index (κ2) is 12.6. The van der Waals surface area contributed by atoms with Crippen LogP contribution in [0.4, 0.5) is 10.5 Å². The van der Waals surface area contributed by atoms with Crippen molar-refractivity contribution in [2.75, 3.05) is 45.7 Å². The molecule has 40 heavy (non-hydrogen) atoms. The number of nitrogens with zero attached hydrogens (tertiary/aromatic N) is 5. The van der Waals surface area contributed by atoms with Crippen molar-refractivity contribution in [3.63, 3.8) is 0 Å². The molecule has 2 aliphatic rings. The van der Waals surface area contributed by atoms with Crippen LogP contribution in [0.25, 0.3) is 16.8 Å². The first kappa shape index (κ1) is 28.4. The number of benzene rings is 1. The molecule has 0 unspecified atom stereocenters. The van der Waals surface area contributed by atoms with E-state index in [9.17, 15) is 4.79 Å². The second-order valence-electron chi connectivity index (χ2n) is 11.4. The summed E-state index contributed by atoms with van der Waals surface area (Å²) in [5, 5.41) is 2.84. The number of carbonyl (C=O) groups excluding carboxylic acids is 1. The molecule has 9 nitrogen and oxygen atoms in total. The summed E-state index contributed by atoms with van der Waals surface area (Å²) < 4.78 is 13.4. The number of carbonyl (C=O) groups is 1. The van der Waals surface area contributed by atoms with Crippen LogP contribution < -0.4 is 10.1 Å². The SMILES string of the molecule is CCC[C@H](C)OC(=O)Nc1ccc(-c2nc([C@H]3CC[C@H](N4CCN(C)CC4)CC3)n3ccnc(C)c23)cc1OC. The van der Waals surface area contributed by atoms with Crippen LogP contribution in [0.5, 0.6) is 5.75 Å². The lowest BCUT2D eigenvalue weighted by Crippen LogP contribution is -2.49. The van der Waals surface area contributed by atoms with Gasteiger partial charge in [-0.3, -0.25) is 19.6 Å². The fourth-order valence-corrected chi connectivity index (χ4v) is 6.32. The molecule has 5 rings (SSSR count). The zero-order chi connectivity index (χ0) is 28.2. The van der Waals surface area contributed by atoms with Crippen molar-refractivity contribution in [1.29, 1.82) is 0 Å². The molecule has 9 heteroatoms. The number of aromatic nitrogens is 3. The number of aryl methyl sites for hydroxylation is 1. The van der Waals surface area contributed by atoms with Crippen molar-refractivity contribution in [3.05, 3.63) is 42.1 Å². The van der Waals surface area contributed by atoms with Crippen LogP contribution in [-0.4, -0.2) is 82.7 Å². The van der Waals surface area contributed by atoms with Gasteiger partial charge in [0.15, 0.2) is 0 Å². The molecule has 1 saturated carbocycles. The van der Waals surface area contributed by atoms with Gasteiger partial charge in [0.1, 0.15) is 17.7 Å². The summed E-state index contributed by atoms with van der Waals surface area (Å²) in [6.07, 6.45) is 9.78. The minimum Gasteiger partial charge on any atom is -0.495 e. The van der Waals surface area contributed by atoms with Crippen molar-refractivity contribution < 1.29 is 14.3 Å². The first-order valence-corrected chi connectivity index (χ1v) is 14.8. The fraction of sp³-hybridized carbons (Fsp3) is 0.581. The van der Waals surface area contributed by atoms with Crippen LogP contribution in [-0.2, 0) is 4.74 Å². The zero-order valence-corrected chi connectivity index (χ0v) is 24.7. The van der Waals surface area contributed by atoms with E-state index in [-0.39, 0.29) is 6.10 Å². The minimum atomic E-state index is -0.478. The summed E-state index contributed by atoms with van der Waals surface area (Å²) in [6, 6.07) is 6.46. The number of hydrogen-bond donors (Lipinski definition) is 1. The van der Waals surface area contributed by atoms with E-state index in [1.54, 1.807) is 7.11 Å². The highest BCUT2D eigenvalue weighted by Crippen LogP contribution is 2.39. The number of ether oxygens (including phenoxy) is 2. The maximum atomic E-state index is 12.4. The number of fused-ring (bicyclic) bond motifs is 1. The Kier molecular flexibility index (Phi) is 8.90. The van der Waals surface area contributed by atoms with E-state index in [0.29, 0.717) is 23.4 Å². The molecule has 0 bridgehead atoms. The quantitative estimate of drug-likeness (QED) is 0.385. The molecule has 1 N–H and O–H groups in total. The summed E-state index contributed by atoms with van der Waals surface area (Å²) in [5.74, 6) is 2.09. The lowest BCUT2D eigenvalue weighted by Gasteiger charge is -2.41. The standard InChI is InChI=1S/C31H44N6O3/c1-6-7-21(2)40-31(38)33-26-13-10-24(20-27(26)39-5)28-29-22(3)32-14-15-37(29)30(34-28)23-8-11-25(12-9-23)36-18-16-35(4)17-19-36/h10,13-15,20-21,23,25H,6-9,11-12,16-19H2,1-5H3,(H,33,38)/t21-,23-,25-/m0/s1. The Morgan fingerprint density at radius 1 is 1.15 bits per heavy atom. The van der Waals surface area contributed by atoms with Gasteiger partial charge in [0.25, 0.3) is 0 Å². The Morgan fingerprint density at radius 3 is 2.60 bits per heavy atom. The van der Waals surface area contributed by atoms with Crippen molar-refractivity contribution in [2.45, 2.75) is 77.4 Å². The molecule has 2 aromatic heterocycles. The van der Waals surface area contributed by atoms with Crippen LogP contribution >= 0.6 is 0 Å². The molecule has 1 atom stereocenters. The maximum absolute atomic E-state index is 12.4. The van der Waals surface area contributed by atoms with Gasteiger partial charge in [-0.05, 0) is 65.1 Å². The van der Waals surface area contributed by atoms with Gasteiger partial charge in [-0.1, -0.05) is 19.4 Å². The molecule has 3 aromatic rings. The molecular formula is C31H44N6O3. The monoisotopic (exact) mass is 548 g/mol. The van der Waals surface area contributed by atoms with E-state index in [2.05, 4.69) is 38.5 Å². The van der Waals surface area contributed by atoms with E-state index in [0.717, 1.165) is 67.1 Å². The molecule has 1 aliphatic heterocycles. The van der Waals surface area contributed by atoms with Crippen molar-refractivity contribution in [3.8, 4) is 17.0 Å². The van der Waals surface area contributed by atoms with Crippen LogP contribution in [0.3, 0.4) is 0 Å². The Labute approximate surface area is 237 Å². The molecular weight excluding hydrogens is 504 g/mol. The van der Waals surface area contributed by atoms with Gasteiger partial charge in [0.05, 0.1) is 29.7 Å². The predicted octanol–water partition coefficient (Wildman–Crippen LogP) is 5.72. The number of hydrogen-bond acceptors (Lipinski definition) is 7. The van der Waals surface area contributed by atoms with Crippen LogP contribution in [0, 0.1) is 6.92 Å². The third kappa shape index (κ3) is 6.10. The van der Waals surface area contributed by atoms with E-state index in [1.165, 1.54) is 25.9 Å². The second-order valence-corrected chi connectivity index (χ2v) is 11.4. The third-order valence-electron chi connectivity index (χ3n) is 8.60. The van der Waals surface area contributed by atoms with Crippen molar-refractivity contribution in [1.82, 2.24) is 24.2 Å². The number of nitrogens with one attached hydrogen (secondary N) is 1. The number of piperazine rings is 1. The molecule has 1 aliphatic carbocycles. The molecule has 216 valence electrons. The Morgan fingerprint density at radius 2 is 1.90 bits per heavy atom. The van der Waals surface area contributed by atoms with Crippen molar-refractivity contribution in [2.24, 2.45) is 0 Å².